The maximum atomic E-state index is 12.9. The van der Waals surface area contributed by atoms with Crippen LogP contribution in [-0.4, -0.2) is 36.7 Å². The Morgan fingerprint density at radius 1 is 1.14 bits per heavy atom. The van der Waals surface area contributed by atoms with Crippen molar-refractivity contribution in [1.29, 1.82) is 0 Å². The van der Waals surface area contributed by atoms with Gasteiger partial charge < -0.3 is 14.8 Å². The molecule has 1 fully saturated rings. The minimum absolute atomic E-state index is 0.0484. The summed E-state index contributed by atoms with van der Waals surface area (Å²) in [5.74, 6) is 1.69. The lowest BCUT2D eigenvalue weighted by Gasteiger charge is -2.29. The first-order valence-electron chi connectivity index (χ1n) is 9.99. The van der Waals surface area contributed by atoms with Crippen LogP contribution in [0, 0.1) is 0 Å². The molecule has 0 bridgehead atoms. The number of ether oxygens (including phenoxy) is 2. The van der Waals surface area contributed by atoms with E-state index in [-0.39, 0.29) is 24.2 Å². The highest BCUT2D eigenvalue weighted by atomic mass is 16.7. The van der Waals surface area contributed by atoms with Crippen molar-refractivity contribution in [3.05, 3.63) is 59.7 Å². The summed E-state index contributed by atoms with van der Waals surface area (Å²) in [5, 5.41) is 3.19. The topological polar surface area (TPSA) is 50.8 Å². The van der Waals surface area contributed by atoms with Gasteiger partial charge in [-0.1, -0.05) is 50.2 Å². The van der Waals surface area contributed by atoms with Gasteiger partial charge in [-0.25, -0.2) is 0 Å². The molecule has 0 radical (unpaired) electrons. The van der Waals surface area contributed by atoms with E-state index in [1.807, 2.05) is 30.3 Å². The van der Waals surface area contributed by atoms with E-state index in [2.05, 4.69) is 42.3 Å². The van der Waals surface area contributed by atoms with E-state index in [1.54, 1.807) is 0 Å². The Hall–Kier alpha value is -2.53. The van der Waals surface area contributed by atoms with Crippen molar-refractivity contribution >= 4 is 5.91 Å². The quantitative estimate of drug-likeness (QED) is 0.834. The second kappa shape index (κ2) is 7.84. The number of fused-ring (bicyclic) bond motifs is 1. The molecule has 148 valence electrons. The molecule has 1 saturated heterocycles. The number of hydrogen-bond donors (Lipinski definition) is 1. The molecular formula is C23H28N2O3. The second-order valence-electron chi connectivity index (χ2n) is 8.28. The molecule has 5 nitrogen and oxygen atoms in total. The summed E-state index contributed by atoms with van der Waals surface area (Å²) >= 11 is 0. The van der Waals surface area contributed by atoms with E-state index in [4.69, 9.17) is 9.47 Å². The number of hydrogen-bond acceptors (Lipinski definition) is 4. The first-order chi connectivity index (χ1) is 13.5. The highest BCUT2D eigenvalue weighted by Gasteiger charge is 2.32. The van der Waals surface area contributed by atoms with Crippen molar-refractivity contribution in [2.75, 3.05) is 19.9 Å². The number of benzene rings is 2. The molecule has 2 aromatic rings. The molecule has 5 heteroatoms. The van der Waals surface area contributed by atoms with Crippen LogP contribution in [0.25, 0.3) is 0 Å². The zero-order valence-corrected chi connectivity index (χ0v) is 16.6. The van der Waals surface area contributed by atoms with Gasteiger partial charge in [0.1, 0.15) is 0 Å². The Kier molecular flexibility index (Phi) is 5.27. The molecule has 1 N–H and O–H groups in total. The molecular weight excluding hydrogens is 352 g/mol. The van der Waals surface area contributed by atoms with Crippen molar-refractivity contribution in [2.24, 2.45) is 0 Å². The van der Waals surface area contributed by atoms with Crippen LogP contribution in [0.4, 0.5) is 0 Å². The van der Waals surface area contributed by atoms with E-state index in [1.165, 1.54) is 5.56 Å². The lowest BCUT2D eigenvalue weighted by molar-refractivity contribution is -0.125. The highest BCUT2D eigenvalue weighted by Crippen LogP contribution is 2.36. The Labute approximate surface area is 166 Å². The summed E-state index contributed by atoms with van der Waals surface area (Å²) in [6.07, 6.45) is 1.99. The first-order valence-corrected chi connectivity index (χ1v) is 9.99. The molecule has 2 aromatic carbocycles. The fraction of sp³-hybridized carbons (Fsp3) is 0.435. The molecule has 4 rings (SSSR count). The first kappa shape index (κ1) is 18.8. The summed E-state index contributed by atoms with van der Waals surface area (Å²) < 4.78 is 10.9. The minimum Gasteiger partial charge on any atom is -0.454 e. The SMILES string of the molecule is CC(C)(CNC(=O)C1CCCN1Cc1ccccc1)c1ccc2c(c1)OCO2. The summed E-state index contributed by atoms with van der Waals surface area (Å²) in [6, 6.07) is 16.3. The van der Waals surface area contributed by atoms with E-state index in [9.17, 15) is 4.79 Å². The smallest absolute Gasteiger partial charge is 0.237 e. The van der Waals surface area contributed by atoms with Gasteiger partial charge in [0.2, 0.25) is 12.7 Å². The second-order valence-corrected chi connectivity index (χ2v) is 8.28. The zero-order chi connectivity index (χ0) is 19.6. The van der Waals surface area contributed by atoms with Gasteiger partial charge in [-0.15, -0.1) is 0 Å². The van der Waals surface area contributed by atoms with Crippen LogP contribution in [0.3, 0.4) is 0 Å². The number of nitrogens with one attached hydrogen (secondary N) is 1. The van der Waals surface area contributed by atoms with Gasteiger partial charge in [0.15, 0.2) is 11.5 Å². The number of likely N-dealkylation sites (tertiary alicyclic amines) is 1. The van der Waals surface area contributed by atoms with E-state index < -0.39 is 0 Å². The van der Waals surface area contributed by atoms with Gasteiger partial charge in [-0.05, 0) is 42.6 Å². The molecule has 0 aliphatic carbocycles. The molecule has 1 atom stereocenters. The van der Waals surface area contributed by atoms with Crippen molar-refractivity contribution in [2.45, 2.75) is 44.7 Å². The zero-order valence-electron chi connectivity index (χ0n) is 16.6. The highest BCUT2D eigenvalue weighted by molar-refractivity contribution is 5.82. The van der Waals surface area contributed by atoms with Gasteiger partial charge in [0.25, 0.3) is 0 Å². The van der Waals surface area contributed by atoms with Crippen molar-refractivity contribution < 1.29 is 14.3 Å². The maximum absolute atomic E-state index is 12.9. The molecule has 0 aromatic heterocycles. The Morgan fingerprint density at radius 3 is 2.75 bits per heavy atom. The van der Waals surface area contributed by atoms with Crippen LogP contribution in [-0.2, 0) is 16.8 Å². The molecule has 2 aliphatic heterocycles. The van der Waals surface area contributed by atoms with Crippen LogP contribution < -0.4 is 14.8 Å². The predicted octanol–water partition coefficient (Wildman–Crippen LogP) is 3.47. The Balaban J connectivity index is 1.37. The molecule has 28 heavy (non-hydrogen) atoms. The Morgan fingerprint density at radius 2 is 1.93 bits per heavy atom. The van der Waals surface area contributed by atoms with Crippen LogP contribution >= 0.6 is 0 Å². The third-order valence-electron chi connectivity index (χ3n) is 5.75. The van der Waals surface area contributed by atoms with Crippen LogP contribution in [0.1, 0.15) is 37.8 Å². The normalized spacial score (nSPS) is 19.0. The van der Waals surface area contributed by atoms with Crippen molar-refractivity contribution in [1.82, 2.24) is 10.2 Å². The number of carbonyl (C=O) groups excluding carboxylic acids is 1. The largest absolute Gasteiger partial charge is 0.454 e. The van der Waals surface area contributed by atoms with Crippen molar-refractivity contribution in [3.8, 4) is 11.5 Å². The van der Waals surface area contributed by atoms with E-state index >= 15 is 0 Å². The average Bonchev–Trinajstić information content (AvgIpc) is 3.35. The molecule has 0 spiro atoms. The predicted molar refractivity (Wildman–Crippen MR) is 108 cm³/mol. The maximum Gasteiger partial charge on any atom is 0.237 e. The Bertz CT molecular complexity index is 835. The molecule has 2 heterocycles. The molecule has 0 saturated carbocycles. The minimum atomic E-state index is -0.195. The van der Waals surface area contributed by atoms with Crippen LogP contribution in [0.5, 0.6) is 11.5 Å². The van der Waals surface area contributed by atoms with E-state index in [0.717, 1.165) is 43.0 Å². The lowest BCUT2D eigenvalue weighted by Crippen LogP contribution is -2.46. The number of carbonyl (C=O) groups is 1. The summed E-state index contributed by atoms with van der Waals surface area (Å²) in [7, 11) is 0. The lowest BCUT2D eigenvalue weighted by atomic mass is 9.84. The molecule has 1 unspecified atom stereocenters. The van der Waals surface area contributed by atoms with Gasteiger partial charge in [0.05, 0.1) is 6.04 Å². The fourth-order valence-corrected chi connectivity index (χ4v) is 3.98. The van der Waals surface area contributed by atoms with E-state index in [0.29, 0.717) is 6.54 Å². The third kappa shape index (κ3) is 3.99. The fourth-order valence-electron chi connectivity index (χ4n) is 3.98. The van der Waals surface area contributed by atoms with Gasteiger partial charge in [0, 0.05) is 18.5 Å². The standard InChI is InChI=1S/C23H28N2O3/c1-23(2,18-10-11-20-21(13-18)28-16-27-20)15-24-22(26)19-9-6-12-25(19)14-17-7-4-3-5-8-17/h3-5,7-8,10-11,13,19H,6,9,12,14-16H2,1-2H3,(H,24,26). The van der Waals surface area contributed by atoms with Crippen LogP contribution in [0.15, 0.2) is 48.5 Å². The summed E-state index contributed by atoms with van der Waals surface area (Å²) in [4.78, 5) is 15.2. The van der Waals surface area contributed by atoms with Gasteiger partial charge in [-0.2, -0.15) is 0 Å². The molecule has 1 amide bonds. The van der Waals surface area contributed by atoms with Gasteiger partial charge >= 0.3 is 0 Å². The molecule has 2 aliphatic rings. The third-order valence-corrected chi connectivity index (χ3v) is 5.75. The monoisotopic (exact) mass is 380 g/mol. The summed E-state index contributed by atoms with van der Waals surface area (Å²) in [5.41, 5.74) is 2.19. The van der Waals surface area contributed by atoms with Crippen molar-refractivity contribution in [3.63, 3.8) is 0 Å². The average molecular weight is 380 g/mol. The van der Waals surface area contributed by atoms with Crippen LogP contribution in [0.2, 0.25) is 0 Å². The number of amides is 1. The van der Waals surface area contributed by atoms with Gasteiger partial charge in [-0.3, -0.25) is 9.69 Å². The summed E-state index contributed by atoms with van der Waals surface area (Å²) in [6.45, 7) is 6.93. The number of rotatable bonds is 6. The number of nitrogens with zero attached hydrogens (tertiary/aromatic N) is 1.